The first-order valence-electron chi connectivity index (χ1n) is 9.43. The maximum Gasteiger partial charge on any atom is 0.332 e. The fourth-order valence-electron chi connectivity index (χ4n) is 3.65. The second-order valence-corrected chi connectivity index (χ2v) is 9.39. The highest BCUT2D eigenvalue weighted by atomic mass is 35.5. The van der Waals surface area contributed by atoms with Crippen molar-refractivity contribution in [3.05, 3.63) is 66.1 Å². The van der Waals surface area contributed by atoms with Crippen LogP contribution < -0.4 is 11.2 Å². The van der Waals surface area contributed by atoms with E-state index in [-0.39, 0.29) is 6.54 Å². The summed E-state index contributed by atoms with van der Waals surface area (Å²) in [6.07, 6.45) is 0.551. The molecule has 3 aromatic rings. The maximum atomic E-state index is 13.3. The predicted octanol–water partition coefficient (Wildman–Crippen LogP) is 2.95. The van der Waals surface area contributed by atoms with Crippen LogP contribution in [0.15, 0.2) is 33.9 Å². The van der Waals surface area contributed by atoms with Crippen molar-refractivity contribution in [3.63, 3.8) is 0 Å². The van der Waals surface area contributed by atoms with E-state index in [2.05, 4.69) is 0 Å². The van der Waals surface area contributed by atoms with Gasteiger partial charge in [0.1, 0.15) is 11.4 Å². The second-order valence-electron chi connectivity index (χ2n) is 7.87. The molecule has 4 rings (SSSR count). The molecule has 0 amide bonds. The molecule has 0 bridgehead atoms. The van der Waals surface area contributed by atoms with Crippen molar-refractivity contribution in [2.75, 3.05) is 7.11 Å². The van der Waals surface area contributed by atoms with Gasteiger partial charge in [-0.25, -0.2) is 9.36 Å². The lowest BCUT2D eigenvalue weighted by atomic mass is 9.94. The van der Waals surface area contributed by atoms with E-state index in [9.17, 15) is 14.4 Å². The molecular weight excluding hydrogens is 428 g/mol. The van der Waals surface area contributed by atoms with Gasteiger partial charge in [0.25, 0.3) is 5.56 Å². The molecule has 1 aromatic carbocycles. The number of hydrogen-bond donors (Lipinski definition) is 0. The standard InChI is InChI=1S/C21H21ClN2O5S/c1-21(2)8-14-15(11-29-21)30-19-17(14)18(26)23(10-16(25)28-3)20(27)24(19)9-12-4-6-13(22)7-5-12/h4-7H,8-11H2,1-3H3. The van der Waals surface area contributed by atoms with E-state index >= 15 is 0 Å². The molecule has 9 heteroatoms. The zero-order valence-electron chi connectivity index (χ0n) is 16.9. The Balaban J connectivity index is 1.98. The molecular formula is C21H21ClN2O5S. The summed E-state index contributed by atoms with van der Waals surface area (Å²) in [5.41, 5.74) is 0.306. The van der Waals surface area contributed by atoms with Gasteiger partial charge in [-0.2, -0.15) is 0 Å². The molecule has 0 radical (unpaired) electrons. The third kappa shape index (κ3) is 3.71. The van der Waals surface area contributed by atoms with Gasteiger partial charge >= 0.3 is 11.7 Å². The second kappa shape index (κ2) is 7.68. The summed E-state index contributed by atoms with van der Waals surface area (Å²) in [5.74, 6) is -0.653. The van der Waals surface area contributed by atoms with Gasteiger partial charge in [-0.15, -0.1) is 11.3 Å². The molecule has 0 saturated carbocycles. The van der Waals surface area contributed by atoms with Crippen LogP contribution in [0.4, 0.5) is 0 Å². The van der Waals surface area contributed by atoms with Crippen LogP contribution in [0.25, 0.3) is 10.2 Å². The molecule has 0 saturated heterocycles. The van der Waals surface area contributed by atoms with E-state index in [4.69, 9.17) is 21.1 Å². The average Bonchev–Trinajstić information content (AvgIpc) is 3.07. The number of thiophene rings is 1. The van der Waals surface area contributed by atoms with Crippen LogP contribution in [0.2, 0.25) is 5.02 Å². The fraction of sp³-hybridized carbons (Fsp3) is 0.381. The Morgan fingerprint density at radius 2 is 1.93 bits per heavy atom. The third-order valence-corrected chi connectivity index (χ3v) is 6.68. The van der Waals surface area contributed by atoms with Gasteiger partial charge < -0.3 is 9.47 Å². The molecule has 1 aliphatic rings. The van der Waals surface area contributed by atoms with Crippen molar-refractivity contribution in [3.8, 4) is 0 Å². The zero-order valence-corrected chi connectivity index (χ0v) is 18.4. The number of methoxy groups -OCH3 is 1. The molecule has 0 aliphatic carbocycles. The van der Waals surface area contributed by atoms with E-state index in [1.165, 1.54) is 18.4 Å². The molecule has 0 fully saturated rings. The molecule has 0 unspecified atom stereocenters. The zero-order chi connectivity index (χ0) is 21.6. The summed E-state index contributed by atoms with van der Waals surface area (Å²) in [6.45, 7) is 4.13. The first kappa shape index (κ1) is 20.8. The third-order valence-electron chi connectivity index (χ3n) is 5.20. The number of esters is 1. The number of aromatic nitrogens is 2. The minimum absolute atomic E-state index is 0.248. The number of carbonyl (C=O) groups is 1. The minimum atomic E-state index is -0.653. The monoisotopic (exact) mass is 448 g/mol. The topological polar surface area (TPSA) is 79.5 Å². The van der Waals surface area contributed by atoms with Gasteiger partial charge in [0.05, 0.1) is 31.2 Å². The molecule has 2 aromatic heterocycles. The summed E-state index contributed by atoms with van der Waals surface area (Å²) in [4.78, 5) is 39.9. The van der Waals surface area contributed by atoms with E-state index in [0.717, 1.165) is 20.6 Å². The molecule has 1 aliphatic heterocycles. The molecule has 3 heterocycles. The van der Waals surface area contributed by atoms with Crippen LogP contribution in [0.3, 0.4) is 0 Å². The first-order valence-corrected chi connectivity index (χ1v) is 10.6. The summed E-state index contributed by atoms with van der Waals surface area (Å²) in [7, 11) is 1.23. The number of fused-ring (bicyclic) bond motifs is 3. The fourth-order valence-corrected chi connectivity index (χ4v) is 4.99. The SMILES string of the molecule is COC(=O)Cn1c(=O)c2c3c(sc2n(Cc2ccc(Cl)cc2)c1=O)COC(C)(C)C3. The number of benzene rings is 1. The van der Waals surface area contributed by atoms with Crippen molar-refractivity contribution in [1.29, 1.82) is 0 Å². The lowest BCUT2D eigenvalue weighted by molar-refractivity contribution is -0.141. The first-order chi connectivity index (χ1) is 14.2. The van der Waals surface area contributed by atoms with Crippen molar-refractivity contribution in [2.24, 2.45) is 0 Å². The van der Waals surface area contributed by atoms with Crippen LogP contribution in [-0.2, 0) is 40.4 Å². The maximum absolute atomic E-state index is 13.3. The van der Waals surface area contributed by atoms with E-state index in [1.54, 1.807) is 16.7 Å². The summed E-state index contributed by atoms with van der Waals surface area (Å²) < 4.78 is 13.1. The van der Waals surface area contributed by atoms with E-state index in [1.807, 2.05) is 26.0 Å². The quantitative estimate of drug-likeness (QED) is 0.573. The summed E-state index contributed by atoms with van der Waals surface area (Å²) in [5, 5.41) is 1.07. The molecule has 30 heavy (non-hydrogen) atoms. The lowest BCUT2D eigenvalue weighted by Crippen LogP contribution is -2.42. The highest BCUT2D eigenvalue weighted by Crippen LogP contribution is 2.37. The van der Waals surface area contributed by atoms with Gasteiger partial charge in [0, 0.05) is 16.3 Å². The van der Waals surface area contributed by atoms with Crippen molar-refractivity contribution in [2.45, 2.75) is 45.6 Å². The Labute approximate surface area is 181 Å². The Morgan fingerprint density at radius 3 is 2.60 bits per heavy atom. The molecule has 0 N–H and O–H groups in total. The Hall–Kier alpha value is -2.42. The van der Waals surface area contributed by atoms with Crippen LogP contribution in [-0.4, -0.2) is 27.8 Å². The minimum Gasteiger partial charge on any atom is -0.468 e. The van der Waals surface area contributed by atoms with Crippen molar-refractivity contribution < 1.29 is 14.3 Å². The summed E-state index contributed by atoms with van der Waals surface area (Å²) >= 11 is 7.37. The smallest absolute Gasteiger partial charge is 0.332 e. The number of nitrogens with zero attached hydrogens (tertiary/aromatic N) is 2. The molecule has 0 atom stereocenters. The molecule has 7 nitrogen and oxygen atoms in total. The normalized spacial score (nSPS) is 15.2. The number of rotatable bonds is 4. The van der Waals surface area contributed by atoms with Crippen molar-refractivity contribution >= 4 is 39.1 Å². The van der Waals surface area contributed by atoms with Gasteiger partial charge in [0.15, 0.2) is 0 Å². The van der Waals surface area contributed by atoms with Gasteiger partial charge in [0.2, 0.25) is 0 Å². The number of halogens is 1. The van der Waals surface area contributed by atoms with E-state index in [0.29, 0.717) is 28.3 Å². The Morgan fingerprint density at radius 1 is 1.23 bits per heavy atom. The average molecular weight is 449 g/mol. The van der Waals surface area contributed by atoms with Crippen LogP contribution >= 0.6 is 22.9 Å². The number of ether oxygens (including phenoxy) is 2. The molecule has 0 spiro atoms. The summed E-state index contributed by atoms with van der Waals surface area (Å²) in [6, 6.07) is 7.16. The van der Waals surface area contributed by atoms with Gasteiger partial charge in [-0.05, 0) is 37.1 Å². The number of hydrogen-bond acceptors (Lipinski definition) is 6. The lowest BCUT2D eigenvalue weighted by Gasteiger charge is -2.29. The highest BCUT2D eigenvalue weighted by molar-refractivity contribution is 7.18. The number of carbonyl (C=O) groups excluding carboxylic acids is 1. The Bertz CT molecular complexity index is 1250. The van der Waals surface area contributed by atoms with Crippen molar-refractivity contribution in [1.82, 2.24) is 9.13 Å². The van der Waals surface area contributed by atoms with Crippen LogP contribution in [0, 0.1) is 0 Å². The van der Waals surface area contributed by atoms with Gasteiger partial charge in [-0.3, -0.25) is 14.2 Å². The molecule has 158 valence electrons. The van der Waals surface area contributed by atoms with Gasteiger partial charge in [-0.1, -0.05) is 23.7 Å². The predicted molar refractivity (Wildman–Crippen MR) is 115 cm³/mol. The highest BCUT2D eigenvalue weighted by Gasteiger charge is 2.32. The largest absolute Gasteiger partial charge is 0.468 e. The van der Waals surface area contributed by atoms with E-state index < -0.39 is 29.4 Å². The van der Waals surface area contributed by atoms with Crippen LogP contribution in [0.5, 0.6) is 0 Å². The Kier molecular flexibility index (Phi) is 5.34. The van der Waals surface area contributed by atoms with Crippen LogP contribution in [0.1, 0.15) is 29.9 Å².